The topological polar surface area (TPSA) is 53.1 Å². The molecular weight excluding hydrogens is 289 g/mol. The maximum atomic E-state index is 13.4. The van der Waals surface area contributed by atoms with E-state index in [-0.39, 0.29) is 11.9 Å². The Kier molecular flexibility index (Phi) is 3.35. The van der Waals surface area contributed by atoms with Crippen molar-refractivity contribution in [1.82, 2.24) is 9.55 Å². The lowest BCUT2D eigenvalue weighted by atomic mass is 10.3. The summed E-state index contributed by atoms with van der Waals surface area (Å²) in [6.45, 7) is 2.51. The lowest BCUT2D eigenvalue weighted by molar-refractivity contribution is 0.105. The number of hydrogen-bond donors (Lipinski definition) is 1. The van der Waals surface area contributed by atoms with Gasteiger partial charge in [0.25, 0.3) is 0 Å². The highest BCUT2D eigenvalue weighted by atomic mass is 79.9. The minimum absolute atomic E-state index is 0.0125. The van der Waals surface area contributed by atoms with Crippen LogP contribution in [0.15, 0.2) is 16.6 Å². The number of imidazole rings is 1. The highest BCUT2D eigenvalue weighted by Crippen LogP contribution is 2.25. The third kappa shape index (κ3) is 2.28. The summed E-state index contributed by atoms with van der Waals surface area (Å²) in [6, 6.07) is 3.04. The Labute approximate surface area is 107 Å². The molecule has 1 unspecified atom stereocenters. The SMILES string of the molecule is COC(C)Cn1c(N)nc2cc(F)c(Br)cc21. The summed E-state index contributed by atoms with van der Waals surface area (Å²) < 4.78 is 20.8. The Morgan fingerprint density at radius 2 is 2.29 bits per heavy atom. The van der Waals surface area contributed by atoms with Gasteiger partial charge in [0.1, 0.15) is 5.82 Å². The van der Waals surface area contributed by atoms with E-state index in [1.807, 2.05) is 11.5 Å². The second kappa shape index (κ2) is 4.62. The average molecular weight is 302 g/mol. The molecule has 6 heteroatoms. The second-order valence-electron chi connectivity index (χ2n) is 3.88. The summed E-state index contributed by atoms with van der Waals surface area (Å²) in [6.07, 6.45) is 0.0125. The van der Waals surface area contributed by atoms with Gasteiger partial charge in [0.2, 0.25) is 5.95 Å². The summed E-state index contributed by atoms with van der Waals surface area (Å²) in [7, 11) is 1.63. The molecule has 2 N–H and O–H groups in total. The van der Waals surface area contributed by atoms with Crippen molar-refractivity contribution in [2.24, 2.45) is 0 Å². The van der Waals surface area contributed by atoms with Crippen LogP contribution in [-0.4, -0.2) is 22.8 Å². The van der Waals surface area contributed by atoms with E-state index in [1.165, 1.54) is 6.07 Å². The van der Waals surface area contributed by atoms with Gasteiger partial charge in [-0.1, -0.05) is 0 Å². The minimum atomic E-state index is -0.345. The molecule has 0 saturated heterocycles. The Morgan fingerprint density at radius 3 is 2.94 bits per heavy atom. The maximum absolute atomic E-state index is 13.4. The van der Waals surface area contributed by atoms with Gasteiger partial charge in [-0.05, 0) is 28.9 Å². The standard InChI is InChI=1S/C11H13BrFN3O/c1-6(17-2)5-16-10-3-7(12)8(13)4-9(10)15-11(16)14/h3-4,6H,5H2,1-2H3,(H2,14,15). The fourth-order valence-corrected chi connectivity index (χ4v) is 1.99. The molecule has 0 radical (unpaired) electrons. The number of nitrogens with two attached hydrogens (primary N) is 1. The number of fused-ring (bicyclic) bond motifs is 1. The molecule has 1 heterocycles. The fourth-order valence-electron chi connectivity index (χ4n) is 1.66. The number of halogens is 2. The summed E-state index contributed by atoms with van der Waals surface area (Å²) >= 11 is 3.15. The van der Waals surface area contributed by atoms with Crippen molar-refractivity contribution < 1.29 is 9.13 Å². The van der Waals surface area contributed by atoms with Crippen molar-refractivity contribution >= 4 is 32.9 Å². The fraction of sp³-hybridized carbons (Fsp3) is 0.364. The lowest BCUT2D eigenvalue weighted by Gasteiger charge is -2.12. The van der Waals surface area contributed by atoms with Crippen LogP contribution >= 0.6 is 15.9 Å². The maximum Gasteiger partial charge on any atom is 0.201 e. The van der Waals surface area contributed by atoms with Gasteiger partial charge in [0.15, 0.2) is 0 Å². The van der Waals surface area contributed by atoms with Crippen LogP contribution in [0.5, 0.6) is 0 Å². The summed E-state index contributed by atoms with van der Waals surface area (Å²) in [4.78, 5) is 4.13. The zero-order valence-corrected chi connectivity index (χ0v) is 11.2. The second-order valence-corrected chi connectivity index (χ2v) is 4.74. The van der Waals surface area contributed by atoms with Gasteiger partial charge < -0.3 is 15.0 Å². The highest BCUT2D eigenvalue weighted by molar-refractivity contribution is 9.10. The Hall–Kier alpha value is -1.14. The monoisotopic (exact) mass is 301 g/mol. The zero-order valence-electron chi connectivity index (χ0n) is 9.58. The Bertz CT molecular complexity index is 555. The van der Waals surface area contributed by atoms with E-state index in [1.54, 1.807) is 13.2 Å². The van der Waals surface area contributed by atoms with Gasteiger partial charge in [-0.3, -0.25) is 0 Å². The molecule has 0 spiro atoms. The molecule has 2 aromatic rings. The van der Waals surface area contributed by atoms with Crippen LogP contribution in [-0.2, 0) is 11.3 Å². The predicted octanol–water partition coefficient (Wildman–Crippen LogP) is 2.56. The van der Waals surface area contributed by atoms with Gasteiger partial charge in [-0.25, -0.2) is 9.37 Å². The predicted molar refractivity (Wildman–Crippen MR) is 68.3 cm³/mol. The molecule has 92 valence electrons. The van der Waals surface area contributed by atoms with Crippen LogP contribution in [0, 0.1) is 5.82 Å². The van der Waals surface area contributed by atoms with E-state index in [9.17, 15) is 4.39 Å². The number of anilines is 1. The van der Waals surface area contributed by atoms with Gasteiger partial charge in [0, 0.05) is 13.2 Å². The molecular formula is C11H13BrFN3O. The number of methoxy groups -OCH3 is 1. The number of benzene rings is 1. The largest absolute Gasteiger partial charge is 0.380 e. The van der Waals surface area contributed by atoms with Crippen molar-refractivity contribution in [1.29, 1.82) is 0 Å². The van der Waals surface area contributed by atoms with Crippen LogP contribution in [0.4, 0.5) is 10.3 Å². The van der Waals surface area contributed by atoms with E-state index < -0.39 is 0 Å². The van der Waals surface area contributed by atoms with E-state index in [4.69, 9.17) is 10.5 Å². The number of ether oxygens (including phenoxy) is 1. The number of nitrogens with zero attached hydrogens (tertiary/aromatic N) is 2. The molecule has 0 fully saturated rings. The van der Waals surface area contributed by atoms with E-state index in [0.29, 0.717) is 22.5 Å². The molecule has 0 aliphatic rings. The van der Waals surface area contributed by atoms with Crippen LogP contribution in [0.3, 0.4) is 0 Å². The first-order valence-corrected chi connectivity index (χ1v) is 5.95. The van der Waals surface area contributed by atoms with Crippen molar-refractivity contribution in [3.63, 3.8) is 0 Å². The molecule has 1 aromatic carbocycles. The van der Waals surface area contributed by atoms with Crippen molar-refractivity contribution in [3.05, 3.63) is 22.4 Å². The zero-order chi connectivity index (χ0) is 12.6. The third-order valence-corrected chi connectivity index (χ3v) is 3.27. The molecule has 0 aliphatic heterocycles. The Morgan fingerprint density at radius 1 is 1.59 bits per heavy atom. The Balaban J connectivity index is 2.54. The number of nitrogen functional groups attached to an aromatic ring is 1. The molecule has 0 saturated carbocycles. The number of aromatic nitrogens is 2. The van der Waals surface area contributed by atoms with Crippen molar-refractivity contribution in [2.75, 3.05) is 12.8 Å². The quantitative estimate of drug-likeness (QED) is 0.948. The van der Waals surface area contributed by atoms with E-state index in [2.05, 4.69) is 20.9 Å². The van der Waals surface area contributed by atoms with Gasteiger partial charge in [-0.2, -0.15) is 0 Å². The van der Waals surface area contributed by atoms with Crippen molar-refractivity contribution in [3.8, 4) is 0 Å². The van der Waals surface area contributed by atoms with Crippen molar-refractivity contribution in [2.45, 2.75) is 19.6 Å². The molecule has 1 atom stereocenters. The molecule has 4 nitrogen and oxygen atoms in total. The molecule has 1 aromatic heterocycles. The first-order valence-electron chi connectivity index (χ1n) is 5.16. The first kappa shape index (κ1) is 12.3. The summed E-state index contributed by atoms with van der Waals surface area (Å²) in [5, 5.41) is 0. The van der Waals surface area contributed by atoms with E-state index >= 15 is 0 Å². The van der Waals surface area contributed by atoms with Gasteiger partial charge in [0.05, 0.1) is 28.2 Å². The number of hydrogen-bond acceptors (Lipinski definition) is 3. The smallest absolute Gasteiger partial charge is 0.201 e. The molecule has 2 rings (SSSR count). The van der Waals surface area contributed by atoms with Crippen LogP contribution in [0.1, 0.15) is 6.92 Å². The van der Waals surface area contributed by atoms with E-state index in [0.717, 1.165) is 5.52 Å². The highest BCUT2D eigenvalue weighted by Gasteiger charge is 2.13. The molecule has 0 aliphatic carbocycles. The van der Waals surface area contributed by atoms with Crippen LogP contribution < -0.4 is 5.73 Å². The first-order chi connectivity index (χ1) is 8.02. The lowest BCUT2D eigenvalue weighted by Crippen LogP contribution is -2.16. The average Bonchev–Trinajstić information content (AvgIpc) is 2.56. The molecule has 0 amide bonds. The minimum Gasteiger partial charge on any atom is -0.380 e. The normalized spacial score (nSPS) is 13.2. The molecule has 17 heavy (non-hydrogen) atoms. The van der Waals surface area contributed by atoms with Crippen LogP contribution in [0.25, 0.3) is 11.0 Å². The third-order valence-electron chi connectivity index (χ3n) is 2.66. The van der Waals surface area contributed by atoms with Gasteiger partial charge >= 0.3 is 0 Å². The van der Waals surface area contributed by atoms with Gasteiger partial charge in [-0.15, -0.1) is 0 Å². The molecule has 0 bridgehead atoms. The number of rotatable bonds is 3. The van der Waals surface area contributed by atoms with Crippen LogP contribution in [0.2, 0.25) is 0 Å². The summed E-state index contributed by atoms with van der Waals surface area (Å²) in [5.74, 6) is 0.0170. The summed E-state index contributed by atoms with van der Waals surface area (Å²) in [5.41, 5.74) is 7.15.